The van der Waals surface area contributed by atoms with Gasteiger partial charge in [0.05, 0.1) is 6.04 Å². The first-order valence-electron chi connectivity index (χ1n) is 3.87. The summed E-state index contributed by atoms with van der Waals surface area (Å²) in [7, 11) is 0. The fourth-order valence-electron chi connectivity index (χ4n) is 1.23. The van der Waals surface area contributed by atoms with E-state index in [4.69, 9.17) is 4.74 Å². The third kappa shape index (κ3) is 1.34. The van der Waals surface area contributed by atoms with Crippen molar-refractivity contribution in [3.63, 3.8) is 0 Å². The Balaban J connectivity index is 2.53. The fraction of sp³-hybridized carbons (Fsp3) is 0.750. The number of nitrogens with one attached hydrogen (secondary N) is 1. The van der Waals surface area contributed by atoms with Crippen molar-refractivity contribution in [2.45, 2.75) is 33.0 Å². The molecule has 1 aliphatic rings. The van der Waals surface area contributed by atoms with Gasteiger partial charge in [0.15, 0.2) is 6.23 Å². The lowest BCUT2D eigenvalue weighted by atomic mass is 9.76. The molecule has 0 amide bonds. The molecule has 0 radical (unpaired) electrons. The van der Waals surface area contributed by atoms with Crippen LogP contribution in [0.3, 0.4) is 0 Å². The van der Waals surface area contributed by atoms with Gasteiger partial charge in [0, 0.05) is 12.3 Å². The number of esters is 1. The molecular formula is C8H13NO3. The molecule has 1 fully saturated rings. The summed E-state index contributed by atoms with van der Waals surface area (Å²) >= 11 is 0. The Kier molecular flexibility index (Phi) is 2.19. The highest BCUT2D eigenvalue weighted by atomic mass is 16.6. The maximum Gasteiger partial charge on any atom is 0.304 e. The molecule has 0 aliphatic carbocycles. The minimum absolute atomic E-state index is 0.207. The first kappa shape index (κ1) is 9.19. The topological polar surface area (TPSA) is 55.4 Å². The second kappa shape index (κ2) is 2.86. The monoisotopic (exact) mass is 171 g/mol. The van der Waals surface area contributed by atoms with Crippen molar-refractivity contribution in [2.24, 2.45) is 5.41 Å². The normalized spacial score (nSPS) is 31.9. The van der Waals surface area contributed by atoms with E-state index in [-0.39, 0.29) is 23.7 Å². The Bertz CT molecular complexity index is 212. The van der Waals surface area contributed by atoms with Gasteiger partial charge in [-0.1, -0.05) is 13.8 Å². The summed E-state index contributed by atoms with van der Waals surface area (Å²) in [6.45, 7) is 5.12. The summed E-state index contributed by atoms with van der Waals surface area (Å²) in [6, 6.07) is -0.207. The molecule has 1 aliphatic heterocycles. The zero-order valence-electron chi connectivity index (χ0n) is 7.46. The number of aldehydes is 1. The number of hydrogen-bond donors (Lipinski definition) is 1. The molecule has 0 saturated carbocycles. The number of rotatable bonds is 2. The highest BCUT2D eigenvalue weighted by Gasteiger charge is 2.49. The maximum absolute atomic E-state index is 10.6. The summed E-state index contributed by atoms with van der Waals surface area (Å²) < 4.78 is 4.92. The lowest BCUT2D eigenvalue weighted by Crippen LogP contribution is -2.69. The van der Waals surface area contributed by atoms with Crippen molar-refractivity contribution in [2.75, 3.05) is 0 Å². The Morgan fingerprint density at radius 2 is 2.17 bits per heavy atom. The van der Waals surface area contributed by atoms with Crippen LogP contribution in [0, 0.1) is 5.41 Å². The number of ether oxygens (including phenoxy) is 1. The van der Waals surface area contributed by atoms with Crippen LogP contribution in [0.2, 0.25) is 0 Å². The van der Waals surface area contributed by atoms with Crippen LogP contribution in [0.25, 0.3) is 0 Å². The van der Waals surface area contributed by atoms with Crippen LogP contribution in [0.4, 0.5) is 0 Å². The van der Waals surface area contributed by atoms with Crippen molar-refractivity contribution >= 4 is 12.3 Å². The minimum atomic E-state index is -0.329. The predicted octanol–water partition coefficient (Wildman–Crippen LogP) is 0.0725. The molecule has 1 heterocycles. The Labute approximate surface area is 71.3 Å². The zero-order valence-corrected chi connectivity index (χ0v) is 7.46. The van der Waals surface area contributed by atoms with Gasteiger partial charge in [-0.15, -0.1) is 0 Å². The van der Waals surface area contributed by atoms with E-state index >= 15 is 0 Å². The first-order chi connectivity index (χ1) is 5.48. The van der Waals surface area contributed by atoms with E-state index in [2.05, 4.69) is 5.32 Å². The maximum atomic E-state index is 10.6. The van der Waals surface area contributed by atoms with Crippen LogP contribution in [-0.4, -0.2) is 24.5 Å². The average Bonchev–Trinajstić information content (AvgIpc) is 1.96. The summed E-state index contributed by atoms with van der Waals surface area (Å²) in [5.41, 5.74) is -0.284. The number of hydrogen-bond acceptors (Lipinski definition) is 4. The molecule has 0 spiro atoms. The quantitative estimate of drug-likeness (QED) is 0.472. The highest BCUT2D eigenvalue weighted by Crippen LogP contribution is 2.34. The van der Waals surface area contributed by atoms with Gasteiger partial charge in [0.2, 0.25) is 0 Å². The molecule has 0 aromatic heterocycles. The van der Waals surface area contributed by atoms with Gasteiger partial charge in [0.25, 0.3) is 0 Å². The molecule has 0 aromatic carbocycles. The molecule has 68 valence electrons. The zero-order chi connectivity index (χ0) is 9.35. The molecule has 2 unspecified atom stereocenters. The van der Waals surface area contributed by atoms with Gasteiger partial charge in [-0.25, -0.2) is 0 Å². The van der Waals surface area contributed by atoms with E-state index in [0.717, 1.165) is 6.29 Å². The predicted molar refractivity (Wildman–Crippen MR) is 42.3 cm³/mol. The van der Waals surface area contributed by atoms with Crippen molar-refractivity contribution < 1.29 is 14.3 Å². The van der Waals surface area contributed by atoms with Crippen molar-refractivity contribution in [3.8, 4) is 0 Å². The highest BCUT2D eigenvalue weighted by molar-refractivity contribution is 5.67. The molecule has 0 aromatic rings. The average molecular weight is 171 g/mol. The van der Waals surface area contributed by atoms with E-state index in [1.54, 1.807) is 0 Å². The van der Waals surface area contributed by atoms with E-state index < -0.39 is 0 Å². The second-order valence-electron chi connectivity index (χ2n) is 3.59. The van der Waals surface area contributed by atoms with Gasteiger partial charge in [0.1, 0.15) is 6.29 Å². The smallest absolute Gasteiger partial charge is 0.304 e. The third-order valence-corrected chi connectivity index (χ3v) is 2.23. The molecule has 2 atom stereocenters. The molecule has 4 nitrogen and oxygen atoms in total. The number of carbonyl (C=O) groups excluding carboxylic acids is 2. The molecule has 0 bridgehead atoms. The van der Waals surface area contributed by atoms with Gasteiger partial charge in [-0.3, -0.25) is 10.1 Å². The fourth-order valence-corrected chi connectivity index (χ4v) is 1.23. The molecule has 1 saturated heterocycles. The molecule has 1 N–H and O–H groups in total. The number of carbonyl (C=O) groups is 2. The van der Waals surface area contributed by atoms with Crippen LogP contribution in [0.1, 0.15) is 20.8 Å². The summed E-state index contributed by atoms with van der Waals surface area (Å²) in [4.78, 5) is 21.0. The van der Waals surface area contributed by atoms with Crippen LogP contribution >= 0.6 is 0 Å². The summed E-state index contributed by atoms with van der Waals surface area (Å²) in [5.74, 6) is -0.329. The summed E-state index contributed by atoms with van der Waals surface area (Å²) in [6.07, 6.45) is 0.505. The largest absolute Gasteiger partial charge is 0.446 e. The van der Waals surface area contributed by atoms with Gasteiger partial charge < -0.3 is 9.53 Å². The lowest BCUT2D eigenvalue weighted by Gasteiger charge is -2.49. The minimum Gasteiger partial charge on any atom is -0.446 e. The second-order valence-corrected chi connectivity index (χ2v) is 3.59. The first-order valence-corrected chi connectivity index (χ1v) is 3.87. The van der Waals surface area contributed by atoms with Gasteiger partial charge in [-0.2, -0.15) is 0 Å². The third-order valence-electron chi connectivity index (χ3n) is 2.23. The van der Waals surface area contributed by atoms with Gasteiger partial charge in [-0.05, 0) is 0 Å². The van der Waals surface area contributed by atoms with E-state index in [0.29, 0.717) is 0 Å². The van der Waals surface area contributed by atoms with Crippen LogP contribution in [0.5, 0.6) is 0 Å². The SMILES string of the molecule is CC(=O)OC1NC(C=O)C1(C)C. The Morgan fingerprint density at radius 3 is 2.50 bits per heavy atom. The Hall–Kier alpha value is -0.900. The standard InChI is InChI=1S/C8H13NO3/c1-5(11)12-7-8(2,3)6(4-10)9-7/h4,6-7,9H,1-3H3. The molecule has 1 rings (SSSR count). The summed E-state index contributed by atoms with van der Waals surface area (Å²) in [5, 5.41) is 2.84. The van der Waals surface area contributed by atoms with Crippen molar-refractivity contribution in [3.05, 3.63) is 0 Å². The lowest BCUT2D eigenvalue weighted by molar-refractivity contribution is -0.175. The van der Waals surface area contributed by atoms with Crippen LogP contribution < -0.4 is 5.32 Å². The molecule has 12 heavy (non-hydrogen) atoms. The van der Waals surface area contributed by atoms with Crippen LogP contribution in [0.15, 0.2) is 0 Å². The van der Waals surface area contributed by atoms with Gasteiger partial charge >= 0.3 is 5.97 Å². The van der Waals surface area contributed by atoms with E-state index in [1.807, 2.05) is 13.8 Å². The molecular weight excluding hydrogens is 158 g/mol. The van der Waals surface area contributed by atoms with Crippen molar-refractivity contribution in [1.29, 1.82) is 0 Å². The Morgan fingerprint density at radius 1 is 1.58 bits per heavy atom. The van der Waals surface area contributed by atoms with E-state index in [1.165, 1.54) is 6.92 Å². The van der Waals surface area contributed by atoms with E-state index in [9.17, 15) is 9.59 Å². The molecule has 4 heteroatoms. The van der Waals surface area contributed by atoms with Crippen LogP contribution in [-0.2, 0) is 14.3 Å². The van der Waals surface area contributed by atoms with Crippen molar-refractivity contribution in [1.82, 2.24) is 5.32 Å².